The summed E-state index contributed by atoms with van der Waals surface area (Å²) in [5, 5.41) is 18.0. The van der Waals surface area contributed by atoms with Crippen LogP contribution in [0.2, 0.25) is 0 Å². The van der Waals surface area contributed by atoms with Gasteiger partial charge in [-0.2, -0.15) is 0 Å². The molecule has 6 heteroatoms. The first-order valence-corrected chi connectivity index (χ1v) is 3.75. The monoisotopic (exact) mass is 190 g/mol. The van der Waals surface area contributed by atoms with Gasteiger partial charge in [0, 0.05) is 0 Å². The Hall–Kier alpha value is -0.980. The molecule has 13 heavy (non-hydrogen) atoms. The first kappa shape index (κ1) is 10.1. The second-order valence-electron chi connectivity index (χ2n) is 2.64. The summed E-state index contributed by atoms with van der Waals surface area (Å²) in [6, 6.07) is 0. The lowest BCUT2D eigenvalue weighted by Crippen LogP contribution is -2.35. The van der Waals surface area contributed by atoms with E-state index in [1.807, 2.05) is 0 Å². The van der Waals surface area contributed by atoms with Gasteiger partial charge in [-0.15, -0.1) is 0 Å². The highest BCUT2D eigenvalue weighted by atomic mass is 16.6. The van der Waals surface area contributed by atoms with Crippen molar-refractivity contribution in [3.05, 3.63) is 0 Å². The largest absolute Gasteiger partial charge is 0.452 e. The van der Waals surface area contributed by atoms with Crippen molar-refractivity contribution in [2.24, 2.45) is 0 Å². The molecular formula is C7H10O6. The van der Waals surface area contributed by atoms with E-state index >= 15 is 0 Å². The smallest absolute Gasteiger partial charge is 0.371 e. The standard InChI is InChI=1S/C7H10O6/c8-1-4-7(11)5(3-12-4)13-6(10)2-9/h2,4-5,7-8,11H,1,3H2/t4-,5+,7+/m1/s1. The van der Waals surface area contributed by atoms with E-state index in [0.717, 1.165) is 0 Å². The Morgan fingerprint density at radius 2 is 2.38 bits per heavy atom. The summed E-state index contributed by atoms with van der Waals surface area (Å²) in [7, 11) is 0. The van der Waals surface area contributed by atoms with Crippen LogP contribution in [0.4, 0.5) is 0 Å². The molecule has 0 aromatic carbocycles. The summed E-state index contributed by atoms with van der Waals surface area (Å²) >= 11 is 0. The molecule has 1 aliphatic rings. The van der Waals surface area contributed by atoms with Crippen LogP contribution in [-0.2, 0) is 19.1 Å². The lowest BCUT2D eigenvalue weighted by molar-refractivity contribution is -0.156. The van der Waals surface area contributed by atoms with Gasteiger partial charge in [-0.3, -0.25) is 4.79 Å². The van der Waals surface area contributed by atoms with E-state index in [2.05, 4.69) is 4.74 Å². The van der Waals surface area contributed by atoms with Crippen LogP contribution in [0, 0.1) is 0 Å². The van der Waals surface area contributed by atoms with Gasteiger partial charge in [0.2, 0.25) is 6.29 Å². The number of esters is 1. The number of aliphatic hydroxyl groups is 2. The second-order valence-corrected chi connectivity index (χ2v) is 2.64. The predicted octanol–water partition coefficient (Wildman–Crippen LogP) is -2.15. The minimum atomic E-state index is -1.08. The van der Waals surface area contributed by atoms with Crippen LogP contribution in [0.1, 0.15) is 0 Å². The van der Waals surface area contributed by atoms with Gasteiger partial charge in [-0.05, 0) is 0 Å². The molecule has 1 saturated heterocycles. The molecule has 74 valence electrons. The van der Waals surface area contributed by atoms with Crippen molar-refractivity contribution in [3.8, 4) is 0 Å². The van der Waals surface area contributed by atoms with Crippen LogP contribution in [0.25, 0.3) is 0 Å². The van der Waals surface area contributed by atoms with E-state index in [-0.39, 0.29) is 19.5 Å². The molecule has 0 aliphatic carbocycles. The van der Waals surface area contributed by atoms with Gasteiger partial charge in [0.05, 0.1) is 13.2 Å². The lowest BCUT2D eigenvalue weighted by Gasteiger charge is -2.14. The molecule has 0 unspecified atom stereocenters. The van der Waals surface area contributed by atoms with Crippen LogP contribution in [0.5, 0.6) is 0 Å². The number of aldehydes is 1. The Morgan fingerprint density at radius 1 is 1.69 bits per heavy atom. The minimum Gasteiger partial charge on any atom is -0.452 e. The van der Waals surface area contributed by atoms with E-state index < -0.39 is 24.3 Å². The summed E-state index contributed by atoms with van der Waals surface area (Å²) in [6.07, 6.45) is -2.67. The Bertz CT molecular complexity index is 203. The van der Waals surface area contributed by atoms with E-state index in [1.165, 1.54) is 0 Å². The summed E-state index contributed by atoms with van der Waals surface area (Å²) in [4.78, 5) is 20.4. The number of hydrogen-bond acceptors (Lipinski definition) is 6. The van der Waals surface area contributed by atoms with Crippen molar-refractivity contribution in [3.63, 3.8) is 0 Å². The molecule has 6 nitrogen and oxygen atoms in total. The van der Waals surface area contributed by atoms with Gasteiger partial charge < -0.3 is 19.7 Å². The molecule has 1 aliphatic heterocycles. The predicted molar refractivity (Wildman–Crippen MR) is 38.8 cm³/mol. The molecule has 1 heterocycles. The maximum absolute atomic E-state index is 10.5. The number of hydrogen-bond donors (Lipinski definition) is 2. The molecule has 0 bridgehead atoms. The first-order valence-electron chi connectivity index (χ1n) is 3.75. The van der Waals surface area contributed by atoms with Gasteiger partial charge >= 0.3 is 5.97 Å². The van der Waals surface area contributed by atoms with Crippen LogP contribution in [0.3, 0.4) is 0 Å². The third-order valence-corrected chi connectivity index (χ3v) is 1.78. The zero-order valence-corrected chi connectivity index (χ0v) is 6.75. The fraction of sp³-hybridized carbons (Fsp3) is 0.714. The lowest BCUT2D eigenvalue weighted by atomic mass is 10.1. The van der Waals surface area contributed by atoms with Crippen molar-refractivity contribution >= 4 is 12.3 Å². The highest BCUT2D eigenvalue weighted by Gasteiger charge is 2.37. The van der Waals surface area contributed by atoms with E-state index in [9.17, 15) is 14.7 Å². The third-order valence-electron chi connectivity index (χ3n) is 1.78. The van der Waals surface area contributed by atoms with Gasteiger partial charge in [-0.25, -0.2) is 4.79 Å². The average molecular weight is 190 g/mol. The quantitative estimate of drug-likeness (QED) is 0.299. The van der Waals surface area contributed by atoms with E-state index in [1.54, 1.807) is 0 Å². The van der Waals surface area contributed by atoms with Crippen LogP contribution in [-0.4, -0.2) is 54.0 Å². The Morgan fingerprint density at radius 3 is 2.85 bits per heavy atom. The number of rotatable bonds is 3. The molecule has 3 atom stereocenters. The van der Waals surface area contributed by atoms with E-state index in [0.29, 0.717) is 0 Å². The van der Waals surface area contributed by atoms with E-state index in [4.69, 9.17) is 9.84 Å². The third kappa shape index (κ3) is 2.24. The van der Waals surface area contributed by atoms with Gasteiger partial charge in [0.15, 0.2) is 6.10 Å². The Balaban J connectivity index is 2.45. The van der Waals surface area contributed by atoms with Crippen LogP contribution in [0.15, 0.2) is 0 Å². The molecular weight excluding hydrogens is 180 g/mol. The average Bonchev–Trinajstić information content (AvgIpc) is 2.48. The molecule has 0 radical (unpaired) electrons. The summed E-state index contributed by atoms with van der Waals surface area (Å²) in [5.41, 5.74) is 0. The van der Waals surface area contributed by atoms with Crippen LogP contribution < -0.4 is 0 Å². The fourth-order valence-corrected chi connectivity index (χ4v) is 1.10. The van der Waals surface area contributed by atoms with Crippen LogP contribution >= 0.6 is 0 Å². The van der Waals surface area contributed by atoms with Crippen molar-refractivity contribution in [2.75, 3.05) is 13.2 Å². The molecule has 0 aromatic rings. The Kier molecular flexibility index (Phi) is 3.35. The van der Waals surface area contributed by atoms with Crippen molar-refractivity contribution in [1.29, 1.82) is 0 Å². The molecule has 1 fully saturated rings. The molecule has 0 saturated carbocycles. The maximum Gasteiger partial charge on any atom is 0.371 e. The Labute approximate surface area is 74.1 Å². The number of aliphatic hydroxyl groups excluding tert-OH is 2. The fourth-order valence-electron chi connectivity index (χ4n) is 1.10. The molecule has 1 rings (SSSR count). The van der Waals surface area contributed by atoms with Gasteiger partial charge in [0.25, 0.3) is 0 Å². The van der Waals surface area contributed by atoms with Gasteiger partial charge in [-0.1, -0.05) is 0 Å². The molecule has 0 amide bonds. The molecule has 2 N–H and O–H groups in total. The van der Waals surface area contributed by atoms with Crippen molar-refractivity contribution in [2.45, 2.75) is 18.3 Å². The normalized spacial score (nSPS) is 32.9. The summed E-state index contributed by atoms with van der Waals surface area (Å²) in [6.45, 7) is -0.359. The van der Waals surface area contributed by atoms with Gasteiger partial charge in [0.1, 0.15) is 12.2 Å². The van der Waals surface area contributed by atoms with Crippen molar-refractivity contribution < 1.29 is 29.3 Å². The first-order chi connectivity index (χ1) is 6.19. The van der Waals surface area contributed by atoms with Crippen molar-refractivity contribution in [1.82, 2.24) is 0 Å². The second kappa shape index (κ2) is 4.31. The SMILES string of the molecule is O=CC(=O)O[C@H]1CO[C@H](CO)[C@@H]1O. The zero-order valence-electron chi connectivity index (χ0n) is 6.75. The highest BCUT2D eigenvalue weighted by molar-refractivity contribution is 6.20. The topological polar surface area (TPSA) is 93.1 Å². The molecule has 0 spiro atoms. The molecule has 0 aromatic heterocycles. The highest BCUT2D eigenvalue weighted by Crippen LogP contribution is 2.16. The minimum absolute atomic E-state index is 0.00796. The maximum atomic E-state index is 10.5. The summed E-state index contributed by atoms with van der Waals surface area (Å²) < 4.78 is 9.39. The number of carbonyl (C=O) groups excluding carboxylic acids is 2. The summed E-state index contributed by atoms with van der Waals surface area (Å²) in [5.74, 6) is -1.05. The number of carbonyl (C=O) groups is 2. The zero-order chi connectivity index (χ0) is 9.84. The number of ether oxygens (including phenoxy) is 2.